The molecule has 1 heterocycles. The average molecular weight is 249 g/mol. The largest absolute Gasteiger partial charge is 0.497 e. The molecule has 0 aliphatic carbocycles. The van der Waals surface area contributed by atoms with Crippen molar-refractivity contribution in [1.29, 1.82) is 0 Å². The lowest BCUT2D eigenvalue weighted by Gasteiger charge is -2.05. The van der Waals surface area contributed by atoms with Crippen molar-refractivity contribution in [3.8, 4) is 5.75 Å². The molecule has 0 bridgehead atoms. The van der Waals surface area contributed by atoms with Crippen LogP contribution in [-0.2, 0) is 6.54 Å². The zero-order valence-corrected chi connectivity index (χ0v) is 11.2. The fourth-order valence-corrected chi connectivity index (χ4v) is 1.67. The molecule has 18 heavy (non-hydrogen) atoms. The molecule has 0 saturated carbocycles. The summed E-state index contributed by atoms with van der Waals surface area (Å²) in [6, 6.07) is 6.96. The first-order chi connectivity index (χ1) is 8.74. The van der Waals surface area contributed by atoms with Gasteiger partial charge in [0.25, 0.3) is 0 Å². The van der Waals surface area contributed by atoms with Gasteiger partial charge < -0.3 is 14.5 Å². The highest BCUT2D eigenvalue weighted by Crippen LogP contribution is 2.22. The standard InChI is InChI=1S/C12H13NO3.C2H6/c1-13-7-8-5-12(14)16-11-6-9(15-2)3-4-10(8)11;1-2/h3-6,13H,7H2,1-2H3;1-2H3. The first kappa shape index (κ1) is 14.3. The molecule has 0 spiro atoms. The average Bonchev–Trinajstić information content (AvgIpc) is 2.40. The first-order valence-corrected chi connectivity index (χ1v) is 6.00. The van der Waals surface area contributed by atoms with Crippen LogP contribution >= 0.6 is 0 Å². The fraction of sp³-hybridized carbons (Fsp3) is 0.357. The molecule has 1 aromatic carbocycles. The summed E-state index contributed by atoms with van der Waals surface area (Å²) >= 11 is 0. The monoisotopic (exact) mass is 249 g/mol. The summed E-state index contributed by atoms with van der Waals surface area (Å²) in [6.45, 7) is 4.63. The van der Waals surface area contributed by atoms with Gasteiger partial charge >= 0.3 is 5.63 Å². The van der Waals surface area contributed by atoms with E-state index in [1.54, 1.807) is 13.2 Å². The number of benzene rings is 1. The van der Waals surface area contributed by atoms with E-state index in [-0.39, 0.29) is 5.63 Å². The maximum atomic E-state index is 11.3. The van der Waals surface area contributed by atoms with Crippen molar-refractivity contribution in [3.63, 3.8) is 0 Å². The van der Waals surface area contributed by atoms with Crippen molar-refractivity contribution in [2.45, 2.75) is 20.4 Å². The minimum Gasteiger partial charge on any atom is -0.497 e. The molecular formula is C14H19NO3. The number of rotatable bonds is 3. The fourth-order valence-electron chi connectivity index (χ4n) is 1.67. The topological polar surface area (TPSA) is 51.5 Å². The molecule has 1 N–H and O–H groups in total. The number of ether oxygens (including phenoxy) is 1. The first-order valence-electron chi connectivity index (χ1n) is 6.00. The van der Waals surface area contributed by atoms with E-state index in [0.717, 1.165) is 10.9 Å². The van der Waals surface area contributed by atoms with Gasteiger partial charge in [-0.15, -0.1) is 0 Å². The van der Waals surface area contributed by atoms with E-state index >= 15 is 0 Å². The molecule has 0 unspecified atom stereocenters. The molecule has 2 rings (SSSR count). The van der Waals surface area contributed by atoms with Crippen molar-refractivity contribution in [2.24, 2.45) is 0 Å². The minimum absolute atomic E-state index is 0.342. The lowest BCUT2D eigenvalue weighted by atomic mass is 10.1. The molecule has 0 radical (unpaired) electrons. The van der Waals surface area contributed by atoms with Crippen LogP contribution in [0.1, 0.15) is 19.4 Å². The van der Waals surface area contributed by atoms with Gasteiger partial charge in [-0.05, 0) is 24.7 Å². The van der Waals surface area contributed by atoms with Gasteiger partial charge in [0.1, 0.15) is 11.3 Å². The summed E-state index contributed by atoms with van der Waals surface area (Å²) in [5, 5.41) is 3.95. The van der Waals surface area contributed by atoms with E-state index in [1.165, 1.54) is 6.07 Å². The smallest absolute Gasteiger partial charge is 0.336 e. The molecule has 0 fully saturated rings. The van der Waals surface area contributed by atoms with Crippen LogP contribution in [-0.4, -0.2) is 14.2 Å². The Morgan fingerprint density at radius 1 is 1.28 bits per heavy atom. The molecule has 0 amide bonds. The zero-order valence-electron chi connectivity index (χ0n) is 11.2. The molecule has 4 nitrogen and oxygen atoms in total. The van der Waals surface area contributed by atoms with Gasteiger partial charge in [0.15, 0.2) is 0 Å². The van der Waals surface area contributed by atoms with E-state index in [9.17, 15) is 4.79 Å². The van der Waals surface area contributed by atoms with Crippen LogP contribution in [0.5, 0.6) is 5.75 Å². The maximum absolute atomic E-state index is 11.3. The quantitative estimate of drug-likeness (QED) is 0.849. The number of fused-ring (bicyclic) bond motifs is 1. The van der Waals surface area contributed by atoms with Crippen LogP contribution in [0.3, 0.4) is 0 Å². The van der Waals surface area contributed by atoms with Gasteiger partial charge in [-0.2, -0.15) is 0 Å². The maximum Gasteiger partial charge on any atom is 0.336 e. The summed E-state index contributed by atoms with van der Waals surface area (Å²) in [6.07, 6.45) is 0. The third kappa shape index (κ3) is 3.11. The summed E-state index contributed by atoms with van der Waals surface area (Å²) in [5.41, 5.74) is 1.14. The number of hydrogen-bond donors (Lipinski definition) is 1. The second-order valence-corrected chi connectivity index (χ2v) is 3.48. The lowest BCUT2D eigenvalue weighted by molar-refractivity contribution is 0.414. The molecule has 4 heteroatoms. The minimum atomic E-state index is -0.342. The summed E-state index contributed by atoms with van der Waals surface area (Å²) in [4.78, 5) is 11.3. The SMILES string of the molecule is CC.CNCc1cc(=O)oc2cc(OC)ccc12. The number of hydrogen-bond acceptors (Lipinski definition) is 4. The van der Waals surface area contributed by atoms with Gasteiger partial charge in [0.2, 0.25) is 0 Å². The highest BCUT2D eigenvalue weighted by Gasteiger charge is 2.05. The third-order valence-corrected chi connectivity index (χ3v) is 2.40. The van der Waals surface area contributed by atoms with Gasteiger partial charge in [-0.25, -0.2) is 4.79 Å². The van der Waals surface area contributed by atoms with Crippen molar-refractivity contribution in [3.05, 3.63) is 40.2 Å². The Morgan fingerprint density at radius 2 is 2.00 bits per heavy atom. The predicted octanol–water partition coefficient (Wildman–Crippen LogP) is 2.55. The molecule has 2 aromatic rings. The van der Waals surface area contributed by atoms with E-state index < -0.39 is 0 Å². The van der Waals surface area contributed by atoms with E-state index in [1.807, 2.05) is 33.0 Å². The van der Waals surface area contributed by atoms with Crippen molar-refractivity contribution < 1.29 is 9.15 Å². The van der Waals surface area contributed by atoms with Gasteiger partial charge in [-0.1, -0.05) is 13.8 Å². The van der Waals surface area contributed by atoms with Crippen molar-refractivity contribution >= 4 is 11.0 Å². The van der Waals surface area contributed by atoms with Gasteiger partial charge in [0, 0.05) is 24.1 Å². The van der Waals surface area contributed by atoms with Crippen LogP contribution in [0.15, 0.2) is 33.5 Å². The third-order valence-electron chi connectivity index (χ3n) is 2.40. The van der Waals surface area contributed by atoms with Crippen molar-refractivity contribution in [1.82, 2.24) is 5.32 Å². The second-order valence-electron chi connectivity index (χ2n) is 3.48. The van der Waals surface area contributed by atoms with Crippen LogP contribution in [0.4, 0.5) is 0 Å². The Morgan fingerprint density at radius 3 is 2.61 bits per heavy atom. The number of methoxy groups -OCH3 is 1. The summed E-state index contributed by atoms with van der Waals surface area (Å²) in [7, 11) is 3.42. The summed E-state index contributed by atoms with van der Waals surface area (Å²) < 4.78 is 10.2. The van der Waals surface area contributed by atoms with Gasteiger partial charge in [-0.3, -0.25) is 0 Å². The highest BCUT2D eigenvalue weighted by molar-refractivity contribution is 5.81. The van der Waals surface area contributed by atoms with E-state index in [2.05, 4.69) is 5.32 Å². The number of nitrogens with one attached hydrogen (secondary N) is 1. The van der Waals surface area contributed by atoms with Crippen LogP contribution < -0.4 is 15.7 Å². The van der Waals surface area contributed by atoms with E-state index in [0.29, 0.717) is 17.9 Å². The van der Waals surface area contributed by atoms with E-state index in [4.69, 9.17) is 9.15 Å². The predicted molar refractivity (Wildman–Crippen MR) is 73.1 cm³/mol. The lowest BCUT2D eigenvalue weighted by Crippen LogP contribution is -2.09. The summed E-state index contributed by atoms with van der Waals surface area (Å²) in [5.74, 6) is 0.678. The molecular weight excluding hydrogens is 230 g/mol. The van der Waals surface area contributed by atoms with Gasteiger partial charge in [0.05, 0.1) is 7.11 Å². The Balaban J connectivity index is 0.000000771. The molecule has 0 aliphatic heterocycles. The van der Waals surface area contributed by atoms with Crippen LogP contribution in [0.2, 0.25) is 0 Å². The second kappa shape index (κ2) is 6.81. The van der Waals surface area contributed by atoms with Crippen molar-refractivity contribution in [2.75, 3.05) is 14.2 Å². The Kier molecular flexibility index (Phi) is 5.39. The highest BCUT2D eigenvalue weighted by atomic mass is 16.5. The van der Waals surface area contributed by atoms with Crippen LogP contribution in [0.25, 0.3) is 11.0 Å². The molecule has 0 aliphatic rings. The molecule has 98 valence electrons. The Labute approximate surface area is 107 Å². The molecule has 0 atom stereocenters. The Hall–Kier alpha value is -1.81. The van der Waals surface area contributed by atoms with Crippen LogP contribution in [0, 0.1) is 0 Å². The Bertz CT molecular complexity index is 560. The normalized spacial score (nSPS) is 9.78. The zero-order chi connectivity index (χ0) is 13.5. The molecule has 0 saturated heterocycles. The molecule has 1 aromatic heterocycles.